The predicted octanol–water partition coefficient (Wildman–Crippen LogP) is 1.99. The lowest BCUT2D eigenvalue weighted by Gasteiger charge is -2.09. The van der Waals surface area contributed by atoms with Crippen LogP contribution < -0.4 is 5.32 Å². The molecule has 2 heteroatoms. The number of hydrogen-bond acceptors (Lipinski definition) is 1. The molecular formula is C9H16ClN. The summed E-state index contributed by atoms with van der Waals surface area (Å²) in [6, 6.07) is 0. The van der Waals surface area contributed by atoms with Gasteiger partial charge in [-0.15, -0.1) is 12.4 Å². The fourth-order valence-electron chi connectivity index (χ4n) is 0.351. The largest absolute Gasteiger partial charge is 0.317 e. The van der Waals surface area contributed by atoms with Gasteiger partial charge in [0.2, 0.25) is 0 Å². The van der Waals surface area contributed by atoms with Gasteiger partial charge in [0.15, 0.2) is 0 Å². The third kappa shape index (κ3) is 12.7. The first-order valence-corrected chi connectivity index (χ1v) is 3.71. The van der Waals surface area contributed by atoms with Crippen LogP contribution in [0.2, 0.25) is 0 Å². The Bertz CT molecular complexity index is 124. The van der Waals surface area contributed by atoms with Crippen LogP contribution in [0.25, 0.3) is 0 Å². The van der Waals surface area contributed by atoms with Crippen molar-refractivity contribution in [3.63, 3.8) is 0 Å². The second kappa shape index (κ2) is 12.2. The monoisotopic (exact) mass is 173 g/mol. The lowest BCUT2D eigenvalue weighted by molar-refractivity contribution is 0.527. The molecule has 1 nitrogen and oxygen atoms in total. The van der Waals surface area contributed by atoms with Crippen LogP contribution in [0.4, 0.5) is 0 Å². The third-order valence-corrected chi connectivity index (χ3v) is 1.09. The third-order valence-electron chi connectivity index (χ3n) is 1.09. The lowest BCUT2D eigenvalue weighted by Crippen LogP contribution is -2.29. The normalized spacial score (nSPS) is 11.7. The van der Waals surface area contributed by atoms with Crippen LogP contribution in [0, 0.1) is 11.8 Å². The van der Waals surface area contributed by atoms with Crippen LogP contribution >= 0.6 is 12.4 Å². The van der Waals surface area contributed by atoms with Gasteiger partial charge in [0.25, 0.3) is 0 Å². The molecular weight excluding hydrogens is 158 g/mol. The van der Waals surface area contributed by atoms with E-state index in [0.29, 0.717) is 0 Å². The van der Waals surface area contributed by atoms with Crippen molar-refractivity contribution < 1.29 is 0 Å². The molecule has 0 amide bonds. The molecule has 1 saturated heterocycles. The minimum absolute atomic E-state index is 0. The standard InChI is InChI=1S/C6H8.C3H7N.ClH/c1-3-5-6-4-2;1-2-4-3-1;/h3H,1,4H2,2H3;4H,1-3H2;1H. The van der Waals surface area contributed by atoms with Crippen LogP contribution in [0.5, 0.6) is 0 Å². The van der Waals surface area contributed by atoms with E-state index in [-0.39, 0.29) is 12.4 Å². The number of allylic oxidation sites excluding steroid dienone is 1. The van der Waals surface area contributed by atoms with Crippen molar-refractivity contribution in [3.8, 4) is 11.8 Å². The van der Waals surface area contributed by atoms with E-state index in [2.05, 4.69) is 23.7 Å². The Morgan fingerprint density at radius 2 is 2.00 bits per heavy atom. The Hall–Kier alpha value is -0.450. The van der Waals surface area contributed by atoms with E-state index in [1.807, 2.05) is 6.92 Å². The Labute approximate surface area is 75.7 Å². The molecule has 1 heterocycles. The van der Waals surface area contributed by atoms with Crippen LogP contribution in [0.1, 0.15) is 19.8 Å². The molecule has 1 aliphatic rings. The maximum Gasteiger partial charge on any atom is 0.00637 e. The lowest BCUT2D eigenvalue weighted by atomic mass is 10.3. The van der Waals surface area contributed by atoms with Gasteiger partial charge < -0.3 is 5.32 Å². The summed E-state index contributed by atoms with van der Waals surface area (Å²) in [7, 11) is 0. The molecule has 0 unspecified atom stereocenters. The molecule has 1 rings (SSSR count). The van der Waals surface area contributed by atoms with E-state index in [9.17, 15) is 0 Å². The molecule has 0 radical (unpaired) electrons. The van der Waals surface area contributed by atoms with Gasteiger partial charge >= 0.3 is 0 Å². The first-order chi connectivity index (χ1) is 4.91. The first kappa shape index (κ1) is 13.2. The molecule has 0 bridgehead atoms. The zero-order chi connectivity index (χ0) is 7.66. The SMILES string of the molecule is C1CNC1.C=CC#CCC.Cl. The average Bonchev–Trinajstić information content (AvgIpc) is 1.79. The zero-order valence-corrected chi connectivity index (χ0v) is 7.84. The zero-order valence-electron chi connectivity index (χ0n) is 7.02. The van der Waals surface area contributed by atoms with Gasteiger partial charge in [-0.3, -0.25) is 0 Å². The van der Waals surface area contributed by atoms with Crippen molar-refractivity contribution in [1.82, 2.24) is 5.32 Å². The number of rotatable bonds is 0. The molecule has 0 spiro atoms. The molecule has 0 aromatic carbocycles. The summed E-state index contributed by atoms with van der Waals surface area (Å²) < 4.78 is 0. The number of nitrogens with one attached hydrogen (secondary N) is 1. The van der Waals surface area contributed by atoms with Crippen LogP contribution in [-0.2, 0) is 0 Å². The molecule has 0 atom stereocenters. The Kier molecular flexibility index (Phi) is 14.7. The van der Waals surface area contributed by atoms with Gasteiger partial charge in [-0.2, -0.15) is 0 Å². The summed E-state index contributed by atoms with van der Waals surface area (Å²) in [5, 5.41) is 3.11. The van der Waals surface area contributed by atoms with Crippen molar-refractivity contribution in [3.05, 3.63) is 12.7 Å². The molecule has 1 N–H and O–H groups in total. The predicted molar refractivity (Wildman–Crippen MR) is 53.0 cm³/mol. The van der Waals surface area contributed by atoms with Gasteiger partial charge in [-0.25, -0.2) is 0 Å². The summed E-state index contributed by atoms with van der Waals surface area (Å²) >= 11 is 0. The molecule has 0 aliphatic carbocycles. The minimum Gasteiger partial charge on any atom is -0.317 e. The number of halogens is 1. The van der Waals surface area contributed by atoms with E-state index in [1.165, 1.54) is 19.5 Å². The second-order valence-electron chi connectivity index (χ2n) is 1.98. The van der Waals surface area contributed by atoms with Crippen molar-refractivity contribution in [2.24, 2.45) is 0 Å². The summed E-state index contributed by atoms with van der Waals surface area (Å²) in [5.41, 5.74) is 0. The molecule has 0 saturated carbocycles. The smallest absolute Gasteiger partial charge is 0.00637 e. The first-order valence-electron chi connectivity index (χ1n) is 3.71. The van der Waals surface area contributed by atoms with E-state index in [4.69, 9.17) is 0 Å². The van der Waals surface area contributed by atoms with Crippen molar-refractivity contribution in [2.75, 3.05) is 13.1 Å². The Morgan fingerprint density at radius 3 is 2.09 bits per heavy atom. The molecule has 0 aromatic rings. The van der Waals surface area contributed by atoms with Gasteiger partial charge in [0, 0.05) is 6.42 Å². The number of hydrogen-bond donors (Lipinski definition) is 1. The average molecular weight is 174 g/mol. The second-order valence-corrected chi connectivity index (χ2v) is 1.98. The van der Waals surface area contributed by atoms with Crippen LogP contribution in [0.3, 0.4) is 0 Å². The van der Waals surface area contributed by atoms with Gasteiger partial charge in [0.1, 0.15) is 0 Å². The van der Waals surface area contributed by atoms with E-state index in [1.54, 1.807) is 6.08 Å². The molecule has 11 heavy (non-hydrogen) atoms. The van der Waals surface area contributed by atoms with E-state index in [0.717, 1.165) is 6.42 Å². The molecule has 64 valence electrons. The Morgan fingerprint density at radius 1 is 1.55 bits per heavy atom. The maximum atomic E-state index is 3.42. The highest BCUT2D eigenvalue weighted by atomic mass is 35.5. The minimum atomic E-state index is 0. The van der Waals surface area contributed by atoms with Crippen LogP contribution in [-0.4, -0.2) is 13.1 Å². The Balaban J connectivity index is 0. The van der Waals surface area contributed by atoms with Crippen molar-refractivity contribution in [1.29, 1.82) is 0 Å². The van der Waals surface area contributed by atoms with Crippen LogP contribution in [0.15, 0.2) is 12.7 Å². The maximum absolute atomic E-state index is 3.42. The molecule has 0 aromatic heterocycles. The summed E-state index contributed by atoms with van der Waals surface area (Å²) in [4.78, 5) is 0. The van der Waals surface area contributed by atoms with E-state index >= 15 is 0 Å². The highest BCUT2D eigenvalue weighted by Gasteiger charge is 1.92. The summed E-state index contributed by atoms with van der Waals surface area (Å²) in [6.07, 6.45) is 3.91. The highest BCUT2D eigenvalue weighted by Crippen LogP contribution is 1.80. The van der Waals surface area contributed by atoms with Gasteiger partial charge in [-0.05, 0) is 25.6 Å². The summed E-state index contributed by atoms with van der Waals surface area (Å²) in [5.74, 6) is 5.54. The highest BCUT2D eigenvalue weighted by molar-refractivity contribution is 5.85. The summed E-state index contributed by atoms with van der Waals surface area (Å²) in [6.45, 7) is 7.94. The van der Waals surface area contributed by atoms with Gasteiger partial charge in [0.05, 0.1) is 0 Å². The van der Waals surface area contributed by atoms with Gasteiger partial charge in [-0.1, -0.05) is 25.3 Å². The molecule has 1 fully saturated rings. The fraction of sp³-hybridized carbons (Fsp3) is 0.556. The topological polar surface area (TPSA) is 12.0 Å². The fourth-order valence-corrected chi connectivity index (χ4v) is 0.351. The van der Waals surface area contributed by atoms with Crippen molar-refractivity contribution >= 4 is 12.4 Å². The van der Waals surface area contributed by atoms with E-state index < -0.39 is 0 Å². The quantitative estimate of drug-likeness (QED) is 0.553. The van der Waals surface area contributed by atoms with Crippen molar-refractivity contribution in [2.45, 2.75) is 19.8 Å². The molecule has 1 aliphatic heterocycles.